The number of nitriles is 1. The van der Waals surface area contributed by atoms with E-state index in [1.54, 1.807) is 18.2 Å². The van der Waals surface area contributed by atoms with Crippen LogP contribution in [0.5, 0.6) is 5.75 Å². The van der Waals surface area contributed by atoms with Crippen LogP contribution in [0.2, 0.25) is 0 Å². The molecule has 8 heteroatoms. The van der Waals surface area contributed by atoms with Crippen LogP contribution in [0.3, 0.4) is 0 Å². The molecule has 0 saturated carbocycles. The maximum atomic E-state index is 12.3. The number of halogens is 1. The Morgan fingerprint density at radius 2 is 2.15 bits per heavy atom. The Morgan fingerprint density at radius 1 is 1.37 bits per heavy atom. The summed E-state index contributed by atoms with van der Waals surface area (Å²) >= 11 is 3.33. The van der Waals surface area contributed by atoms with E-state index < -0.39 is 10.8 Å². The largest absolute Gasteiger partial charge is 0.480 e. The highest BCUT2D eigenvalue weighted by Crippen LogP contribution is 2.27. The molecular weight excluding hydrogens is 414 g/mol. The molecule has 0 unspecified atom stereocenters. The van der Waals surface area contributed by atoms with E-state index in [-0.39, 0.29) is 23.6 Å². The fourth-order valence-corrected chi connectivity index (χ4v) is 2.57. The normalized spacial score (nSPS) is 10.4. The fourth-order valence-electron chi connectivity index (χ4n) is 2.05. The summed E-state index contributed by atoms with van der Waals surface area (Å²) in [6.45, 7) is 0.114. The van der Waals surface area contributed by atoms with Gasteiger partial charge in [-0.05, 0) is 45.8 Å². The summed E-state index contributed by atoms with van der Waals surface area (Å²) in [6.07, 6.45) is 6.54. The van der Waals surface area contributed by atoms with Gasteiger partial charge in [-0.25, -0.2) is 0 Å². The van der Waals surface area contributed by atoms with Gasteiger partial charge in [0.15, 0.2) is 0 Å². The highest BCUT2D eigenvalue weighted by atomic mass is 79.9. The highest BCUT2D eigenvalue weighted by Gasteiger charge is 2.12. The molecule has 0 aromatic heterocycles. The summed E-state index contributed by atoms with van der Waals surface area (Å²) in [5.41, 5.74) is 0.475. The van der Waals surface area contributed by atoms with Gasteiger partial charge in [0.2, 0.25) is 0 Å². The van der Waals surface area contributed by atoms with Gasteiger partial charge in [-0.15, -0.1) is 6.42 Å². The summed E-state index contributed by atoms with van der Waals surface area (Å²) in [7, 11) is 0. The number of nitro groups is 1. The third kappa shape index (κ3) is 5.43. The molecule has 0 saturated heterocycles. The number of nitrogens with zero attached hydrogens (tertiary/aromatic N) is 2. The van der Waals surface area contributed by atoms with E-state index in [2.05, 4.69) is 27.2 Å². The van der Waals surface area contributed by atoms with E-state index in [1.165, 1.54) is 30.3 Å². The number of ether oxygens (including phenoxy) is 1. The molecule has 0 aliphatic heterocycles. The highest BCUT2D eigenvalue weighted by molar-refractivity contribution is 9.10. The van der Waals surface area contributed by atoms with Crippen LogP contribution < -0.4 is 10.1 Å². The number of non-ortho nitro benzene ring substituents is 1. The van der Waals surface area contributed by atoms with E-state index >= 15 is 0 Å². The van der Waals surface area contributed by atoms with Crippen LogP contribution in [-0.4, -0.2) is 17.4 Å². The zero-order valence-electron chi connectivity index (χ0n) is 13.8. The number of nitrogens with one attached hydrogen (secondary N) is 1. The zero-order chi connectivity index (χ0) is 19.8. The van der Waals surface area contributed by atoms with Crippen molar-refractivity contribution in [2.24, 2.45) is 0 Å². The van der Waals surface area contributed by atoms with E-state index in [4.69, 9.17) is 11.2 Å². The third-order valence-electron chi connectivity index (χ3n) is 3.26. The molecule has 0 fully saturated rings. The number of anilines is 1. The van der Waals surface area contributed by atoms with Crippen LogP contribution in [0.4, 0.5) is 11.4 Å². The lowest BCUT2D eigenvalue weighted by Crippen LogP contribution is -2.13. The molecule has 0 heterocycles. The summed E-state index contributed by atoms with van der Waals surface area (Å²) in [4.78, 5) is 22.5. The SMILES string of the molecule is C#CCOc1ccc(/C=C(\C#N)C(=O)Nc2cccc([N+](=O)[O-])c2)cc1Br. The molecule has 0 atom stereocenters. The number of rotatable bonds is 6. The lowest BCUT2D eigenvalue weighted by molar-refractivity contribution is -0.384. The smallest absolute Gasteiger partial charge is 0.271 e. The van der Waals surface area contributed by atoms with Gasteiger partial charge in [-0.3, -0.25) is 14.9 Å². The number of carbonyl (C=O) groups excluding carboxylic acids is 1. The molecule has 0 aliphatic carbocycles. The number of amides is 1. The first-order chi connectivity index (χ1) is 12.9. The van der Waals surface area contributed by atoms with Crippen LogP contribution >= 0.6 is 15.9 Å². The van der Waals surface area contributed by atoms with Crippen LogP contribution in [0.15, 0.2) is 52.5 Å². The van der Waals surface area contributed by atoms with Crippen molar-refractivity contribution in [3.63, 3.8) is 0 Å². The van der Waals surface area contributed by atoms with Gasteiger partial charge < -0.3 is 10.1 Å². The fraction of sp³-hybridized carbons (Fsp3) is 0.0526. The van der Waals surface area contributed by atoms with Crippen molar-refractivity contribution >= 4 is 39.3 Å². The Balaban J connectivity index is 2.20. The second-order valence-electron chi connectivity index (χ2n) is 5.11. The maximum absolute atomic E-state index is 12.3. The third-order valence-corrected chi connectivity index (χ3v) is 3.88. The van der Waals surface area contributed by atoms with Crippen molar-refractivity contribution in [3.05, 3.63) is 68.2 Å². The number of nitro benzene ring substituents is 1. The molecule has 7 nitrogen and oxygen atoms in total. The molecule has 2 aromatic carbocycles. The molecular formula is C19H12BrN3O4. The molecule has 0 spiro atoms. The number of hydrogen-bond donors (Lipinski definition) is 1. The summed E-state index contributed by atoms with van der Waals surface area (Å²) in [5, 5.41) is 22.5. The van der Waals surface area contributed by atoms with Crippen molar-refractivity contribution in [2.45, 2.75) is 0 Å². The quantitative estimate of drug-likeness (QED) is 0.248. The van der Waals surface area contributed by atoms with E-state index in [1.807, 2.05) is 6.07 Å². The van der Waals surface area contributed by atoms with E-state index in [0.717, 1.165) is 0 Å². The summed E-state index contributed by atoms with van der Waals surface area (Å²) < 4.78 is 5.94. The van der Waals surface area contributed by atoms with Crippen LogP contribution in [-0.2, 0) is 4.79 Å². The topological polar surface area (TPSA) is 105 Å². The first kappa shape index (κ1) is 19.7. The standard InChI is InChI=1S/C19H12BrN3O4/c1-2-8-27-18-7-6-13(10-17(18)20)9-14(12-21)19(24)22-15-4-3-5-16(11-15)23(25)26/h1,3-7,9-11H,8H2,(H,22,24)/b14-9+. The first-order valence-corrected chi connectivity index (χ1v) is 8.27. The minimum Gasteiger partial charge on any atom is -0.480 e. The van der Waals surface area contributed by atoms with Crippen molar-refractivity contribution in [3.8, 4) is 24.2 Å². The van der Waals surface area contributed by atoms with E-state index in [9.17, 15) is 20.2 Å². The first-order valence-electron chi connectivity index (χ1n) is 7.48. The number of terminal acetylenes is 1. The molecule has 1 N–H and O–H groups in total. The van der Waals surface area contributed by atoms with Gasteiger partial charge in [0.1, 0.15) is 24.0 Å². The van der Waals surface area contributed by atoms with Gasteiger partial charge >= 0.3 is 0 Å². The Hall–Kier alpha value is -3.62. The number of hydrogen-bond acceptors (Lipinski definition) is 5. The molecule has 0 bridgehead atoms. The van der Waals surface area contributed by atoms with Crippen LogP contribution in [0.1, 0.15) is 5.56 Å². The lowest BCUT2D eigenvalue weighted by Gasteiger charge is -2.07. The molecule has 1 amide bonds. The van der Waals surface area contributed by atoms with Crippen LogP contribution in [0, 0.1) is 33.8 Å². The molecule has 27 heavy (non-hydrogen) atoms. The van der Waals surface area contributed by atoms with Gasteiger partial charge in [0.05, 0.1) is 9.40 Å². The van der Waals surface area contributed by atoms with Gasteiger partial charge in [-0.2, -0.15) is 5.26 Å². The van der Waals surface area contributed by atoms with Crippen molar-refractivity contribution < 1.29 is 14.5 Å². The van der Waals surface area contributed by atoms with Gasteiger partial charge in [-0.1, -0.05) is 18.1 Å². The van der Waals surface area contributed by atoms with Crippen molar-refractivity contribution in [1.82, 2.24) is 0 Å². The van der Waals surface area contributed by atoms with Crippen molar-refractivity contribution in [1.29, 1.82) is 5.26 Å². The maximum Gasteiger partial charge on any atom is 0.271 e. The number of benzene rings is 2. The molecule has 2 aromatic rings. The Morgan fingerprint density at radius 3 is 2.78 bits per heavy atom. The Bertz CT molecular complexity index is 1000. The Labute approximate surface area is 163 Å². The molecule has 134 valence electrons. The lowest BCUT2D eigenvalue weighted by atomic mass is 10.1. The van der Waals surface area contributed by atoms with Crippen LogP contribution in [0.25, 0.3) is 6.08 Å². The Kier molecular flexibility index (Phi) is 6.70. The monoisotopic (exact) mass is 425 g/mol. The van der Waals surface area contributed by atoms with Gasteiger partial charge in [0, 0.05) is 17.8 Å². The second-order valence-corrected chi connectivity index (χ2v) is 5.97. The minimum atomic E-state index is -0.679. The minimum absolute atomic E-state index is 0.114. The molecule has 0 aliphatic rings. The average Bonchev–Trinajstić information content (AvgIpc) is 2.65. The van der Waals surface area contributed by atoms with Gasteiger partial charge in [0.25, 0.3) is 11.6 Å². The predicted molar refractivity (Wildman–Crippen MR) is 104 cm³/mol. The molecule has 2 rings (SSSR count). The predicted octanol–water partition coefficient (Wildman–Crippen LogP) is 3.91. The zero-order valence-corrected chi connectivity index (χ0v) is 15.4. The van der Waals surface area contributed by atoms with Crippen molar-refractivity contribution in [2.75, 3.05) is 11.9 Å². The number of carbonyl (C=O) groups is 1. The average molecular weight is 426 g/mol. The second kappa shape index (κ2) is 9.18. The summed E-state index contributed by atoms with van der Waals surface area (Å²) in [6, 6.07) is 12.3. The molecule has 0 radical (unpaired) electrons. The van der Waals surface area contributed by atoms with E-state index in [0.29, 0.717) is 15.8 Å². The summed E-state index contributed by atoms with van der Waals surface area (Å²) in [5.74, 6) is 2.21.